The molecule has 0 heterocycles. The monoisotopic (exact) mass is 591 g/mol. The van der Waals surface area contributed by atoms with Gasteiger partial charge in [-0.05, 0) is 56.4 Å². The molecule has 2 amide bonds. The number of rotatable bonds is 14. The fourth-order valence-electron chi connectivity index (χ4n) is 5.20. The van der Waals surface area contributed by atoms with Crippen molar-refractivity contribution in [1.29, 1.82) is 0 Å². The van der Waals surface area contributed by atoms with Gasteiger partial charge in [0.05, 0.1) is 18.6 Å². The number of benzene rings is 2. The summed E-state index contributed by atoms with van der Waals surface area (Å²) in [7, 11) is -3.64. The number of sulfonamides is 1. The second-order valence-electron chi connectivity index (χ2n) is 10.2. The third kappa shape index (κ3) is 8.86. The topological polar surface area (TPSA) is 96.0 Å². The minimum Gasteiger partial charge on any atom is -0.492 e. The molecule has 1 saturated carbocycles. The van der Waals surface area contributed by atoms with E-state index in [0.717, 1.165) is 37.5 Å². The molecule has 0 radical (unpaired) electrons. The van der Waals surface area contributed by atoms with Gasteiger partial charge in [-0.25, -0.2) is 8.42 Å². The smallest absolute Gasteiger partial charge is 0.243 e. The fourth-order valence-corrected chi connectivity index (χ4v) is 6.36. The highest BCUT2D eigenvalue weighted by Gasteiger charge is 2.31. The molecule has 0 spiro atoms. The first-order valence-electron chi connectivity index (χ1n) is 14.2. The number of anilines is 1. The Labute approximate surface area is 244 Å². The van der Waals surface area contributed by atoms with Crippen molar-refractivity contribution in [2.45, 2.75) is 83.8 Å². The Morgan fingerprint density at radius 1 is 1.05 bits per heavy atom. The number of nitrogens with one attached hydrogen (secondary N) is 1. The lowest BCUT2D eigenvalue weighted by atomic mass is 9.95. The molecule has 0 unspecified atom stereocenters. The molecule has 8 nitrogen and oxygen atoms in total. The molecule has 1 aliphatic carbocycles. The molecule has 0 aliphatic heterocycles. The number of ether oxygens (including phenoxy) is 1. The zero-order valence-corrected chi connectivity index (χ0v) is 25.3. The molecule has 2 aromatic carbocycles. The highest BCUT2D eigenvalue weighted by molar-refractivity contribution is 7.92. The SMILES string of the molecule is CCOc1ccccc1N(CCCC(=O)N(Cc1ccccc1Cl)[C@@H](CC)C(=O)NC1CCCCC1)S(C)(=O)=O. The highest BCUT2D eigenvalue weighted by Crippen LogP contribution is 2.30. The zero-order chi connectivity index (χ0) is 29.1. The van der Waals surface area contributed by atoms with Gasteiger partial charge in [0.2, 0.25) is 21.8 Å². The molecule has 0 saturated heterocycles. The van der Waals surface area contributed by atoms with Gasteiger partial charge in [0.15, 0.2) is 0 Å². The lowest BCUT2D eigenvalue weighted by Gasteiger charge is -2.33. The van der Waals surface area contributed by atoms with Crippen molar-refractivity contribution in [1.82, 2.24) is 10.2 Å². The number of carbonyl (C=O) groups is 2. The van der Waals surface area contributed by atoms with E-state index >= 15 is 0 Å². The normalized spacial score (nSPS) is 14.8. The number of hydrogen-bond donors (Lipinski definition) is 1. The van der Waals surface area contributed by atoms with Crippen LogP contribution in [0.2, 0.25) is 5.02 Å². The van der Waals surface area contributed by atoms with Crippen LogP contribution in [0.3, 0.4) is 0 Å². The van der Waals surface area contributed by atoms with Crippen molar-refractivity contribution >= 4 is 39.1 Å². The van der Waals surface area contributed by atoms with E-state index in [9.17, 15) is 18.0 Å². The third-order valence-electron chi connectivity index (χ3n) is 7.22. The molecular weight excluding hydrogens is 550 g/mol. The number of halogens is 1. The van der Waals surface area contributed by atoms with Gasteiger partial charge in [-0.2, -0.15) is 0 Å². The molecule has 1 aliphatic rings. The molecule has 0 aromatic heterocycles. The van der Waals surface area contributed by atoms with E-state index in [0.29, 0.717) is 29.5 Å². The van der Waals surface area contributed by atoms with Gasteiger partial charge >= 0.3 is 0 Å². The number of hydrogen-bond acceptors (Lipinski definition) is 5. The largest absolute Gasteiger partial charge is 0.492 e. The number of nitrogens with zero attached hydrogens (tertiary/aromatic N) is 2. The summed E-state index contributed by atoms with van der Waals surface area (Å²) in [6.45, 7) is 4.42. The lowest BCUT2D eigenvalue weighted by molar-refractivity contribution is -0.141. The molecule has 220 valence electrons. The van der Waals surface area contributed by atoms with Crippen molar-refractivity contribution < 1.29 is 22.7 Å². The van der Waals surface area contributed by atoms with E-state index in [1.807, 2.05) is 32.0 Å². The Morgan fingerprint density at radius 2 is 1.73 bits per heavy atom. The average molecular weight is 592 g/mol. The van der Waals surface area contributed by atoms with Gasteiger partial charge in [-0.3, -0.25) is 13.9 Å². The summed E-state index contributed by atoms with van der Waals surface area (Å²) in [5.74, 6) is 0.0860. The Kier molecular flexibility index (Phi) is 12.1. The van der Waals surface area contributed by atoms with Crippen molar-refractivity contribution in [3.8, 4) is 5.75 Å². The van der Waals surface area contributed by atoms with E-state index in [-0.39, 0.29) is 43.8 Å². The van der Waals surface area contributed by atoms with Crippen LogP contribution in [0.1, 0.15) is 70.8 Å². The van der Waals surface area contributed by atoms with Crippen LogP contribution < -0.4 is 14.4 Å². The van der Waals surface area contributed by atoms with Crippen molar-refractivity contribution in [2.75, 3.05) is 23.7 Å². The second-order valence-corrected chi connectivity index (χ2v) is 12.5. The predicted octanol–water partition coefficient (Wildman–Crippen LogP) is 5.54. The van der Waals surface area contributed by atoms with Crippen LogP contribution in [-0.2, 0) is 26.2 Å². The van der Waals surface area contributed by atoms with Crippen LogP contribution >= 0.6 is 11.6 Å². The third-order valence-corrected chi connectivity index (χ3v) is 8.77. The van der Waals surface area contributed by atoms with Gasteiger partial charge in [0, 0.05) is 30.6 Å². The van der Waals surface area contributed by atoms with Crippen LogP contribution in [0.5, 0.6) is 5.75 Å². The van der Waals surface area contributed by atoms with Crippen LogP contribution in [-0.4, -0.2) is 56.6 Å². The van der Waals surface area contributed by atoms with Crippen LogP contribution in [0, 0.1) is 0 Å². The van der Waals surface area contributed by atoms with Crippen LogP contribution in [0.15, 0.2) is 48.5 Å². The summed E-state index contributed by atoms with van der Waals surface area (Å²) < 4.78 is 32.4. The van der Waals surface area contributed by atoms with Crippen LogP contribution in [0.4, 0.5) is 5.69 Å². The Morgan fingerprint density at radius 3 is 2.38 bits per heavy atom. The number of para-hydroxylation sites is 2. The molecular formula is C30H42ClN3O5S. The number of amides is 2. The van der Waals surface area contributed by atoms with Gasteiger partial charge in [0.25, 0.3) is 0 Å². The summed E-state index contributed by atoms with van der Waals surface area (Å²) in [6.07, 6.45) is 7.19. The summed E-state index contributed by atoms with van der Waals surface area (Å²) in [6, 6.07) is 13.7. The van der Waals surface area contributed by atoms with Gasteiger partial charge in [-0.15, -0.1) is 0 Å². The Hall–Kier alpha value is -2.78. The number of carbonyl (C=O) groups excluding carboxylic acids is 2. The molecule has 1 fully saturated rings. The molecule has 1 N–H and O–H groups in total. The Bertz CT molecular complexity index is 1230. The maximum atomic E-state index is 13.7. The maximum absolute atomic E-state index is 13.7. The first kappa shape index (κ1) is 31.7. The fraction of sp³-hybridized carbons (Fsp3) is 0.533. The summed E-state index contributed by atoms with van der Waals surface area (Å²) in [4.78, 5) is 28.7. The molecule has 1 atom stereocenters. The summed E-state index contributed by atoms with van der Waals surface area (Å²) in [5.41, 5.74) is 1.19. The average Bonchev–Trinajstić information content (AvgIpc) is 2.92. The Balaban J connectivity index is 1.78. The van der Waals surface area contributed by atoms with Crippen molar-refractivity contribution in [3.63, 3.8) is 0 Å². The van der Waals surface area contributed by atoms with Gasteiger partial charge in [0.1, 0.15) is 11.8 Å². The molecule has 40 heavy (non-hydrogen) atoms. The van der Waals surface area contributed by atoms with E-state index in [1.165, 1.54) is 10.7 Å². The standard InChI is InChI=1S/C30H42ClN3O5S/c1-4-26(30(36)32-24-15-7-6-8-16-24)33(22-23-14-9-10-17-25(23)31)29(35)20-13-21-34(40(3,37)38)27-18-11-12-19-28(27)39-5-2/h9-12,14,17-19,24,26H,4-8,13,15-16,20-22H2,1-3H3,(H,32,36)/t26-/m0/s1. The van der Waals surface area contributed by atoms with Crippen molar-refractivity contribution in [2.24, 2.45) is 0 Å². The minimum absolute atomic E-state index is 0.0699. The predicted molar refractivity (Wildman–Crippen MR) is 160 cm³/mol. The van der Waals surface area contributed by atoms with E-state index in [4.69, 9.17) is 16.3 Å². The molecule has 10 heteroatoms. The maximum Gasteiger partial charge on any atom is 0.243 e. The van der Waals surface area contributed by atoms with Crippen LogP contribution in [0.25, 0.3) is 0 Å². The van der Waals surface area contributed by atoms with E-state index in [2.05, 4.69) is 5.32 Å². The summed E-state index contributed by atoms with van der Waals surface area (Å²) >= 11 is 6.44. The quantitative estimate of drug-likeness (QED) is 0.311. The lowest BCUT2D eigenvalue weighted by Crippen LogP contribution is -2.51. The summed E-state index contributed by atoms with van der Waals surface area (Å²) in [5, 5.41) is 3.70. The molecule has 3 rings (SSSR count). The van der Waals surface area contributed by atoms with E-state index < -0.39 is 16.1 Å². The van der Waals surface area contributed by atoms with Gasteiger partial charge < -0.3 is 15.0 Å². The molecule has 0 bridgehead atoms. The van der Waals surface area contributed by atoms with E-state index in [1.54, 1.807) is 35.2 Å². The zero-order valence-electron chi connectivity index (χ0n) is 23.8. The molecule has 2 aromatic rings. The van der Waals surface area contributed by atoms with Crippen molar-refractivity contribution in [3.05, 3.63) is 59.1 Å². The highest BCUT2D eigenvalue weighted by atomic mass is 35.5. The van der Waals surface area contributed by atoms with Gasteiger partial charge in [-0.1, -0.05) is 68.1 Å². The second kappa shape index (κ2) is 15.3. The minimum atomic E-state index is -3.64. The first-order chi connectivity index (χ1) is 19.2. The first-order valence-corrected chi connectivity index (χ1v) is 16.4.